The van der Waals surface area contributed by atoms with E-state index in [0.29, 0.717) is 18.5 Å². The summed E-state index contributed by atoms with van der Waals surface area (Å²) in [5.41, 5.74) is 0.113. The highest BCUT2D eigenvalue weighted by molar-refractivity contribution is 5.94. The lowest BCUT2D eigenvalue weighted by atomic mass is 10.1. The number of ketones is 1. The van der Waals surface area contributed by atoms with Crippen LogP contribution in [0.15, 0.2) is 12.1 Å². The van der Waals surface area contributed by atoms with Crippen LogP contribution in [0.3, 0.4) is 0 Å². The molecule has 4 heteroatoms. The molecule has 0 unspecified atom stereocenters. The fraction of sp³-hybridized carbons (Fsp3) is 0.417. The van der Waals surface area contributed by atoms with Crippen molar-refractivity contribution < 1.29 is 13.6 Å². The summed E-state index contributed by atoms with van der Waals surface area (Å²) < 4.78 is 26.8. The monoisotopic (exact) mass is 227 g/mol. The highest BCUT2D eigenvalue weighted by Crippen LogP contribution is 2.16. The molecule has 1 aromatic carbocycles. The largest absolute Gasteiger partial charge is 0.309 e. The average molecular weight is 227 g/mol. The van der Waals surface area contributed by atoms with Gasteiger partial charge in [0.15, 0.2) is 5.78 Å². The van der Waals surface area contributed by atoms with Gasteiger partial charge in [0.25, 0.3) is 0 Å². The van der Waals surface area contributed by atoms with E-state index in [9.17, 15) is 13.6 Å². The highest BCUT2D eigenvalue weighted by atomic mass is 19.1. The third kappa shape index (κ3) is 3.10. The van der Waals surface area contributed by atoms with Gasteiger partial charge in [-0.05, 0) is 45.1 Å². The van der Waals surface area contributed by atoms with Crippen molar-refractivity contribution in [2.75, 3.05) is 20.6 Å². The molecular weight excluding hydrogens is 212 g/mol. The van der Waals surface area contributed by atoms with Crippen LogP contribution >= 0.6 is 0 Å². The molecule has 0 heterocycles. The maximum Gasteiger partial charge on any atom is 0.165 e. The van der Waals surface area contributed by atoms with Crippen LogP contribution in [0, 0.1) is 11.6 Å². The van der Waals surface area contributed by atoms with Crippen LogP contribution in [0.5, 0.6) is 0 Å². The van der Waals surface area contributed by atoms with Crippen molar-refractivity contribution in [2.24, 2.45) is 0 Å². The molecule has 0 saturated heterocycles. The normalized spacial score (nSPS) is 10.9. The summed E-state index contributed by atoms with van der Waals surface area (Å²) in [6.45, 7) is 1.86. The van der Waals surface area contributed by atoms with E-state index in [0.717, 1.165) is 6.92 Å². The molecule has 0 aromatic heterocycles. The van der Waals surface area contributed by atoms with Crippen LogP contribution in [0.4, 0.5) is 8.78 Å². The minimum atomic E-state index is -0.777. The van der Waals surface area contributed by atoms with Crippen molar-refractivity contribution in [3.05, 3.63) is 34.9 Å². The molecule has 0 fully saturated rings. The smallest absolute Gasteiger partial charge is 0.165 e. The quantitative estimate of drug-likeness (QED) is 0.735. The second-order valence-electron chi connectivity index (χ2n) is 4.04. The summed E-state index contributed by atoms with van der Waals surface area (Å²) in [5, 5.41) is 0. The number of rotatable bonds is 4. The van der Waals surface area contributed by atoms with Crippen molar-refractivity contribution >= 4 is 5.78 Å². The molecule has 0 N–H and O–H groups in total. The zero-order valence-electron chi connectivity index (χ0n) is 9.68. The minimum absolute atomic E-state index is 0.450. The van der Waals surface area contributed by atoms with Crippen molar-refractivity contribution in [1.82, 2.24) is 4.90 Å². The maximum absolute atomic E-state index is 13.4. The second-order valence-corrected chi connectivity index (χ2v) is 4.04. The number of carbonyl (C=O) groups is 1. The molecule has 2 nitrogen and oxygen atoms in total. The SMILES string of the molecule is CC(=O)c1c(F)cc(CCN(C)C)cc1F. The molecule has 88 valence electrons. The van der Waals surface area contributed by atoms with Crippen LogP contribution in [0.2, 0.25) is 0 Å². The number of hydrogen-bond donors (Lipinski definition) is 0. The molecule has 0 atom stereocenters. The Morgan fingerprint density at radius 2 is 1.75 bits per heavy atom. The predicted octanol–water partition coefficient (Wildman–Crippen LogP) is 2.27. The summed E-state index contributed by atoms with van der Waals surface area (Å²) >= 11 is 0. The number of nitrogens with zero attached hydrogens (tertiary/aromatic N) is 1. The number of hydrogen-bond acceptors (Lipinski definition) is 2. The van der Waals surface area contributed by atoms with Gasteiger partial charge in [0.2, 0.25) is 0 Å². The molecule has 0 amide bonds. The van der Waals surface area contributed by atoms with E-state index in [1.165, 1.54) is 12.1 Å². The van der Waals surface area contributed by atoms with Gasteiger partial charge in [-0.1, -0.05) is 0 Å². The summed E-state index contributed by atoms with van der Waals surface area (Å²) in [6.07, 6.45) is 0.555. The van der Waals surface area contributed by atoms with E-state index < -0.39 is 23.0 Å². The number of carbonyl (C=O) groups excluding carboxylic acids is 1. The first-order valence-corrected chi connectivity index (χ1v) is 5.05. The lowest BCUT2D eigenvalue weighted by Crippen LogP contribution is -2.15. The van der Waals surface area contributed by atoms with E-state index in [1.54, 1.807) is 0 Å². The van der Waals surface area contributed by atoms with Gasteiger partial charge < -0.3 is 4.90 Å². The van der Waals surface area contributed by atoms with Crippen LogP contribution in [-0.2, 0) is 6.42 Å². The van der Waals surface area contributed by atoms with Gasteiger partial charge in [0, 0.05) is 6.54 Å². The molecular formula is C12H15F2NO. The summed E-state index contributed by atoms with van der Waals surface area (Å²) in [7, 11) is 3.77. The lowest BCUT2D eigenvalue weighted by molar-refractivity contribution is 0.101. The molecule has 0 bridgehead atoms. The van der Waals surface area contributed by atoms with Crippen LogP contribution in [-0.4, -0.2) is 31.3 Å². The Bertz CT molecular complexity index is 379. The summed E-state index contributed by atoms with van der Waals surface area (Å²) in [4.78, 5) is 12.9. The molecule has 16 heavy (non-hydrogen) atoms. The highest BCUT2D eigenvalue weighted by Gasteiger charge is 2.14. The van der Waals surface area contributed by atoms with E-state index in [4.69, 9.17) is 0 Å². The van der Waals surface area contributed by atoms with Crippen LogP contribution < -0.4 is 0 Å². The topological polar surface area (TPSA) is 20.3 Å². The zero-order valence-corrected chi connectivity index (χ0v) is 9.68. The Hall–Kier alpha value is -1.29. The standard InChI is InChI=1S/C12H15F2NO/c1-8(16)12-10(13)6-9(7-11(12)14)4-5-15(2)3/h6-7H,4-5H2,1-3H3. The summed E-state index contributed by atoms with van der Waals surface area (Å²) in [6, 6.07) is 2.45. The molecule has 1 rings (SSSR count). The van der Waals surface area contributed by atoms with Gasteiger partial charge in [0.05, 0.1) is 5.56 Å². The van der Waals surface area contributed by atoms with Gasteiger partial charge in [-0.25, -0.2) is 8.78 Å². The van der Waals surface area contributed by atoms with Crippen LogP contribution in [0.25, 0.3) is 0 Å². The average Bonchev–Trinajstić information content (AvgIpc) is 2.12. The van der Waals surface area contributed by atoms with E-state index in [1.807, 2.05) is 19.0 Å². The van der Waals surface area contributed by atoms with Crippen molar-refractivity contribution in [2.45, 2.75) is 13.3 Å². The Kier molecular flexibility index (Phi) is 4.12. The van der Waals surface area contributed by atoms with Gasteiger partial charge in [-0.3, -0.25) is 4.79 Å². The Morgan fingerprint density at radius 3 is 2.12 bits per heavy atom. The molecule has 0 radical (unpaired) electrons. The lowest BCUT2D eigenvalue weighted by Gasteiger charge is -2.10. The van der Waals surface area contributed by atoms with Gasteiger partial charge in [-0.15, -0.1) is 0 Å². The third-order valence-corrected chi connectivity index (χ3v) is 2.30. The Balaban J connectivity index is 2.96. The first-order valence-electron chi connectivity index (χ1n) is 5.05. The predicted molar refractivity (Wildman–Crippen MR) is 58.6 cm³/mol. The molecule has 0 aliphatic heterocycles. The molecule has 1 aromatic rings. The molecule has 0 saturated carbocycles. The minimum Gasteiger partial charge on any atom is -0.309 e. The third-order valence-electron chi connectivity index (χ3n) is 2.30. The Morgan fingerprint density at radius 1 is 1.25 bits per heavy atom. The Labute approximate surface area is 93.9 Å². The molecule has 0 spiro atoms. The fourth-order valence-corrected chi connectivity index (χ4v) is 1.46. The number of Topliss-reactive ketones (excluding diaryl/α,β-unsaturated/α-hetero) is 1. The first kappa shape index (κ1) is 12.8. The van der Waals surface area contributed by atoms with Crippen molar-refractivity contribution in [3.63, 3.8) is 0 Å². The number of likely N-dealkylation sites (N-methyl/N-ethyl adjacent to an activating group) is 1. The molecule has 0 aliphatic carbocycles. The van der Waals surface area contributed by atoms with Gasteiger partial charge >= 0.3 is 0 Å². The van der Waals surface area contributed by atoms with Crippen LogP contribution in [0.1, 0.15) is 22.8 Å². The van der Waals surface area contributed by atoms with Gasteiger partial charge in [0.1, 0.15) is 11.6 Å². The van der Waals surface area contributed by atoms with Crippen molar-refractivity contribution in [1.29, 1.82) is 0 Å². The maximum atomic E-state index is 13.4. The summed E-state index contributed by atoms with van der Waals surface area (Å²) in [5.74, 6) is -2.14. The van der Waals surface area contributed by atoms with E-state index >= 15 is 0 Å². The van der Waals surface area contributed by atoms with E-state index in [2.05, 4.69) is 0 Å². The van der Waals surface area contributed by atoms with Crippen molar-refractivity contribution in [3.8, 4) is 0 Å². The second kappa shape index (κ2) is 5.16. The fourth-order valence-electron chi connectivity index (χ4n) is 1.46. The molecule has 0 aliphatic rings. The van der Waals surface area contributed by atoms with E-state index in [-0.39, 0.29) is 0 Å². The van der Waals surface area contributed by atoms with Gasteiger partial charge in [-0.2, -0.15) is 0 Å². The number of benzene rings is 1. The first-order chi connectivity index (χ1) is 7.41. The number of halogens is 2. The zero-order chi connectivity index (χ0) is 12.3.